The molecule has 4 aromatic rings. The molecule has 1 aromatic heterocycles. The van der Waals surface area contributed by atoms with Crippen molar-refractivity contribution in [3.63, 3.8) is 0 Å². The van der Waals surface area contributed by atoms with Crippen molar-refractivity contribution in [2.24, 2.45) is 5.92 Å². The van der Waals surface area contributed by atoms with E-state index < -0.39 is 0 Å². The van der Waals surface area contributed by atoms with Crippen molar-refractivity contribution in [2.75, 3.05) is 24.6 Å². The highest BCUT2D eigenvalue weighted by Gasteiger charge is 2.37. The molecular formula is C30H28Cl3N5O2. The highest BCUT2D eigenvalue weighted by molar-refractivity contribution is 6.40. The summed E-state index contributed by atoms with van der Waals surface area (Å²) in [5.41, 5.74) is 6.03. The second-order valence-electron chi connectivity index (χ2n) is 10.3. The Morgan fingerprint density at radius 1 is 0.975 bits per heavy atom. The third-order valence-corrected chi connectivity index (χ3v) is 8.77. The number of fused-ring (bicyclic) bond motifs is 1. The zero-order valence-electron chi connectivity index (χ0n) is 21.6. The van der Waals surface area contributed by atoms with Crippen LogP contribution in [0.4, 0.5) is 16.2 Å². The van der Waals surface area contributed by atoms with Crippen LogP contribution in [-0.2, 0) is 13.1 Å². The van der Waals surface area contributed by atoms with Crippen molar-refractivity contribution in [3.05, 3.63) is 99.0 Å². The second kappa shape index (κ2) is 11.4. The van der Waals surface area contributed by atoms with Crippen LogP contribution < -0.4 is 10.2 Å². The van der Waals surface area contributed by atoms with Gasteiger partial charge in [-0.2, -0.15) is 0 Å². The molecule has 3 aromatic carbocycles. The normalized spacial score (nSPS) is 19.1. The predicted octanol–water partition coefficient (Wildman–Crippen LogP) is 7.00. The summed E-state index contributed by atoms with van der Waals surface area (Å²) in [6, 6.07) is 16.9. The number of amides is 2. The van der Waals surface area contributed by atoms with E-state index in [9.17, 15) is 9.90 Å². The van der Waals surface area contributed by atoms with E-state index in [-0.39, 0.29) is 24.5 Å². The molecule has 2 amide bonds. The molecule has 2 atom stereocenters. The Hall–Kier alpha value is -3.07. The highest BCUT2D eigenvalue weighted by atomic mass is 35.5. The molecule has 3 heterocycles. The molecule has 6 rings (SSSR count). The van der Waals surface area contributed by atoms with Crippen molar-refractivity contribution >= 4 is 52.2 Å². The fourth-order valence-electron chi connectivity index (χ4n) is 6.01. The first-order valence-corrected chi connectivity index (χ1v) is 14.3. The number of halogens is 3. The van der Waals surface area contributed by atoms with Crippen LogP contribution in [0.5, 0.6) is 0 Å². The molecule has 0 radical (unpaired) electrons. The molecule has 3 N–H and O–H groups in total. The molecule has 0 spiro atoms. The lowest BCUT2D eigenvalue weighted by Crippen LogP contribution is -2.42. The van der Waals surface area contributed by atoms with Crippen LogP contribution in [0.1, 0.15) is 29.2 Å². The maximum Gasteiger partial charge on any atom is 0.326 e. The fourth-order valence-corrected chi connectivity index (χ4v) is 6.82. The first-order valence-electron chi connectivity index (χ1n) is 13.2. The molecule has 10 heteroatoms. The Kier molecular flexibility index (Phi) is 7.75. The number of aromatic nitrogens is 2. The van der Waals surface area contributed by atoms with Gasteiger partial charge in [-0.15, -0.1) is 0 Å². The Morgan fingerprint density at radius 3 is 2.48 bits per heavy atom. The van der Waals surface area contributed by atoms with E-state index in [2.05, 4.69) is 32.3 Å². The van der Waals surface area contributed by atoms with E-state index in [1.54, 1.807) is 29.4 Å². The smallest absolute Gasteiger partial charge is 0.326 e. The van der Waals surface area contributed by atoms with E-state index in [1.165, 1.54) is 0 Å². The van der Waals surface area contributed by atoms with Crippen LogP contribution >= 0.6 is 34.8 Å². The second-order valence-corrected chi connectivity index (χ2v) is 11.5. The zero-order valence-corrected chi connectivity index (χ0v) is 23.8. The number of aromatic amines is 1. The largest absolute Gasteiger partial charge is 0.396 e. The first-order chi connectivity index (χ1) is 19.4. The van der Waals surface area contributed by atoms with Gasteiger partial charge < -0.3 is 15.4 Å². The minimum absolute atomic E-state index is 0.102. The standard InChI is InChI=1S/C30H28Cl3N5O2/c31-25-5-2-1-4-21(25)22-10-19(24-16-37(14-18(24)8-9-39)15-20-12-34-17-36-20)11-28-23(22)13-35-30(40)38(28)29-26(32)6-3-7-27(29)33/h1-7,10-12,17-18,24,39H,8-9,13-16H2,(H,34,36)(H,35,40). The molecule has 7 nitrogen and oxygen atoms in total. The van der Waals surface area contributed by atoms with Gasteiger partial charge in [0.25, 0.3) is 0 Å². The third kappa shape index (κ3) is 5.08. The number of hydrogen-bond acceptors (Lipinski definition) is 4. The maximum atomic E-state index is 13.4. The van der Waals surface area contributed by atoms with Crippen molar-refractivity contribution in [3.8, 4) is 11.1 Å². The van der Waals surface area contributed by atoms with Crippen molar-refractivity contribution in [2.45, 2.75) is 25.4 Å². The van der Waals surface area contributed by atoms with Crippen LogP contribution in [0.3, 0.4) is 0 Å². The van der Waals surface area contributed by atoms with Gasteiger partial charge >= 0.3 is 6.03 Å². The monoisotopic (exact) mass is 595 g/mol. The van der Waals surface area contributed by atoms with Crippen molar-refractivity contribution in [1.29, 1.82) is 0 Å². The number of nitrogens with zero attached hydrogens (tertiary/aromatic N) is 3. The van der Waals surface area contributed by atoms with Crippen LogP contribution in [0.25, 0.3) is 11.1 Å². The molecule has 0 aliphatic carbocycles. The average Bonchev–Trinajstić information content (AvgIpc) is 3.60. The van der Waals surface area contributed by atoms with Crippen LogP contribution in [0, 0.1) is 5.92 Å². The van der Waals surface area contributed by atoms with E-state index in [0.717, 1.165) is 53.3 Å². The summed E-state index contributed by atoms with van der Waals surface area (Å²) in [4.78, 5) is 24.7. The summed E-state index contributed by atoms with van der Waals surface area (Å²) >= 11 is 20.0. The number of aliphatic hydroxyl groups is 1. The SMILES string of the molecule is O=C1NCc2c(-c3ccccc3Cl)cc(C3CN(Cc4cnc[nH]4)CC3CCO)cc2N1c1c(Cl)cccc1Cl. The minimum Gasteiger partial charge on any atom is -0.396 e. The van der Waals surface area contributed by atoms with Crippen LogP contribution in [-0.4, -0.2) is 45.7 Å². The lowest BCUT2D eigenvalue weighted by atomic mass is 9.83. The minimum atomic E-state index is -0.302. The third-order valence-electron chi connectivity index (χ3n) is 7.83. The number of likely N-dealkylation sites (tertiary alicyclic amines) is 1. The Bertz CT molecular complexity index is 1520. The van der Waals surface area contributed by atoms with Crippen LogP contribution in [0.2, 0.25) is 15.1 Å². The molecular weight excluding hydrogens is 569 g/mol. The number of aliphatic hydroxyl groups excluding tert-OH is 1. The van der Waals surface area contributed by atoms with Gasteiger partial charge in [0.05, 0.1) is 27.7 Å². The number of anilines is 2. The highest BCUT2D eigenvalue weighted by Crippen LogP contribution is 2.47. The van der Waals surface area contributed by atoms with E-state index in [1.807, 2.05) is 30.5 Å². The van der Waals surface area contributed by atoms with Gasteiger partial charge in [0.1, 0.15) is 0 Å². The van der Waals surface area contributed by atoms with Gasteiger partial charge in [-0.1, -0.05) is 65.1 Å². The van der Waals surface area contributed by atoms with Gasteiger partial charge in [-0.25, -0.2) is 9.78 Å². The number of H-pyrrole nitrogens is 1. The Morgan fingerprint density at radius 2 is 1.75 bits per heavy atom. The average molecular weight is 597 g/mol. The molecule has 0 saturated carbocycles. The number of rotatable bonds is 7. The van der Waals surface area contributed by atoms with Gasteiger partial charge in [0, 0.05) is 66.7 Å². The first kappa shape index (κ1) is 27.1. The summed E-state index contributed by atoms with van der Waals surface area (Å²) in [7, 11) is 0. The summed E-state index contributed by atoms with van der Waals surface area (Å²) in [5, 5.41) is 14.3. The molecule has 2 aliphatic heterocycles. The summed E-state index contributed by atoms with van der Waals surface area (Å²) in [6.07, 6.45) is 4.20. The number of carbonyl (C=O) groups is 1. The van der Waals surface area contributed by atoms with Gasteiger partial charge in [-0.3, -0.25) is 9.80 Å². The summed E-state index contributed by atoms with van der Waals surface area (Å²) in [5.74, 6) is 0.343. The number of hydrogen-bond donors (Lipinski definition) is 3. The topological polar surface area (TPSA) is 84.5 Å². The molecule has 1 saturated heterocycles. The maximum absolute atomic E-state index is 13.4. The number of carbonyl (C=O) groups excluding carboxylic acids is 1. The molecule has 2 unspecified atom stereocenters. The van der Waals surface area contributed by atoms with Crippen molar-refractivity contribution in [1.82, 2.24) is 20.2 Å². The Labute approximate surface area is 247 Å². The van der Waals surface area contributed by atoms with Crippen LogP contribution in [0.15, 0.2) is 67.1 Å². The lowest BCUT2D eigenvalue weighted by molar-refractivity contribution is 0.246. The molecule has 40 heavy (non-hydrogen) atoms. The zero-order chi connectivity index (χ0) is 27.8. The van der Waals surface area contributed by atoms with Gasteiger partial charge in [0.15, 0.2) is 0 Å². The molecule has 206 valence electrons. The number of nitrogens with one attached hydrogen (secondary N) is 2. The molecule has 1 fully saturated rings. The van der Waals surface area contributed by atoms with Gasteiger partial charge in [-0.05, 0) is 47.7 Å². The number of urea groups is 1. The quantitative estimate of drug-likeness (QED) is 0.215. The van der Waals surface area contributed by atoms with Gasteiger partial charge in [0.2, 0.25) is 0 Å². The van der Waals surface area contributed by atoms with E-state index >= 15 is 0 Å². The molecule has 2 aliphatic rings. The summed E-state index contributed by atoms with van der Waals surface area (Å²) < 4.78 is 0. The predicted molar refractivity (Wildman–Crippen MR) is 160 cm³/mol. The van der Waals surface area contributed by atoms with E-state index in [4.69, 9.17) is 34.8 Å². The number of para-hydroxylation sites is 1. The Balaban J connectivity index is 1.51. The van der Waals surface area contributed by atoms with Crippen molar-refractivity contribution < 1.29 is 9.90 Å². The number of benzene rings is 3. The molecule has 0 bridgehead atoms. The van der Waals surface area contributed by atoms with E-state index in [0.29, 0.717) is 33.7 Å². The number of imidazole rings is 1. The summed E-state index contributed by atoms with van der Waals surface area (Å²) in [6.45, 7) is 2.81. The fraction of sp³-hybridized carbons (Fsp3) is 0.267. The lowest BCUT2D eigenvalue weighted by Gasteiger charge is -2.34.